The lowest BCUT2D eigenvalue weighted by molar-refractivity contribution is -0.145. The van der Waals surface area contributed by atoms with Gasteiger partial charge in [-0.15, -0.1) is 0 Å². The van der Waals surface area contributed by atoms with Gasteiger partial charge in [0.2, 0.25) is 5.91 Å². The van der Waals surface area contributed by atoms with E-state index in [9.17, 15) is 20.1 Å². The molecule has 1 fully saturated rings. The third-order valence-corrected chi connectivity index (χ3v) is 3.93. The molecule has 1 rings (SSSR count). The molecule has 1 amide bonds. The van der Waals surface area contributed by atoms with Crippen molar-refractivity contribution in [1.29, 1.82) is 0 Å². The highest BCUT2D eigenvalue weighted by Gasteiger charge is 2.44. The van der Waals surface area contributed by atoms with Gasteiger partial charge in [0.05, 0.1) is 51.3 Å². The van der Waals surface area contributed by atoms with Gasteiger partial charge < -0.3 is 40.6 Å². The maximum Gasteiger partial charge on any atom is 0.217 e. The average Bonchev–Trinajstić information content (AvgIpc) is 2.55. The molecule has 1 saturated carbocycles. The van der Waals surface area contributed by atoms with Gasteiger partial charge in [-0.2, -0.15) is 0 Å². The van der Waals surface area contributed by atoms with E-state index in [1.165, 1.54) is 6.92 Å². The Morgan fingerprint density at radius 1 is 1.12 bits per heavy atom. The molecule has 9 nitrogen and oxygen atoms in total. The number of aliphatic hydroxyl groups excluding tert-OH is 3. The minimum Gasteiger partial charge on any atom is -0.396 e. The topological polar surface area (TPSA) is 144 Å². The molecule has 9 heteroatoms. The number of rotatable bonds is 11. The van der Waals surface area contributed by atoms with E-state index in [0.717, 1.165) is 0 Å². The summed E-state index contributed by atoms with van der Waals surface area (Å²) in [6, 6.07) is -0.729. The molecule has 24 heavy (non-hydrogen) atoms. The fraction of sp³-hybridized carbons (Fsp3) is 0.933. The van der Waals surface area contributed by atoms with E-state index >= 15 is 0 Å². The molecule has 142 valence electrons. The summed E-state index contributed by atoms with van der Waals surface area (Å²) in [5.74, 6) is -0.823. The number of nitrogens with two attached hydrogens (primary N) is 1. The van der Waals surface area contributed by atoms with Crippen molar-refractivity contribution >= 4 is 5.91 Å². The van der Waals surface area contributed by atoms with Crippen LogP contribution in [0.4, 0.5) is 0 Å². The fourth-order valence-electron chi connectivity index (χ4n) is 2.73. The van der Waals surface area contributed by atoms with Gasteiger partial charge >= 0.3 is 0 Å². The Morgan fingerprint density at radius 2 is 1.75 bits per heavy atom. The second kappa shape index (κ2) is 11.7. The number of hydrogen-bond donors (Lipinski definition) is 5. The molecule has 0 heterocycles. The molecule has 0 aromatic carbocycles. The van der Waals surface area contributed by atoms with Crippen LogP contribution in [0.5, 0.6) is 0 Å². The first kappa shape index (κ1) is 21.2. The highest BCUT2D eigenvalue weighted by atomic mass is 16.5. The van der Waals surface area contributed by atoms with Crippen LogP contribution in [-0.2, 0) is 19.0 Å². The zero-order valence-corrected chi connectivity index (χ0v) is 14.1. The maximum absolute atomic E-state index is 11.3. The lowest BCUT2D eigenvalue weighted by Gasteiger charge is -2.42. The molecule has 1 aliphatic carbocycles. The number of carbonyl (C=O) groups is 1. The highest BCUT2D eigenvalue weighted by molar-refractivity contribution is 5.73. The van der Waals surface area contributed by atoms with Gasteiger partial charge in [-0.1, -0.05) is 0 Å². The van der Waals surface area contributed by atoms with Crippen molar-refractivity contribution in [2.45, 2.75) is 37.7 Å². The van der Waals surface area contributed by atoms with Gasteiger partial charge in [0.25, 0.3) is 0 Å². The molecule has 0 aromatic rings. The first-order valence-electron chi connectivity index (χ1n) is 8.22. The second-order valence-corrected chi connectivity index (χ2v) is 5.81. The Hall–Kier alpha value is -0.810. The van der Waals surface area contributed by atoms with Crippen molar-refractivity contribution in [3.8, 4) is 0 Å². The molecule has 0 spiro atoms. The first-order chi connectivity index (χ1) is 11.5. The standard InChI is InChI=1S/C15H30N2O7/c1-10(19)17-13-12(8-11(9-18)14(20)15(13)21)24-7-6-23-5-4-22-3-2-16/h11-15,18,20-21H,2-9,16H2,1H3,(H,17,19)/t11?,12?,13-,14+,15-/m1/s1. The largest absolute Gasteiger partial charge is 0.396 e. The summed E-state index contributed by atoms with van der Waals surface area (Å²) in [5, 5.41) is 32.1. The van der Waals surface area contributed by atoms with Crippen molar-refractivity contribution in [1.82, 2.24) is 5.32 Å². The summed E-state index contributed by atoms with van der Waals surface area (Å²) in [5.41, 5.74) is 5.29. The smallest absolute Gasteiger partial charge is 0.217 e. The summed E-state index contributed by atoms with van der Waals surface area (Å²) in [4.78, 5) is 11.3. The molecule has 6 N–H and O–H groups in total. The van der Waals surface area contributed by atoms with Gasteiger partial charge in [0, 0.05) is 26.0 Å². The number of nitrogens with one attached hydrogen (secondary N) is 1. The normalized spacial score (nSPS) is 30.3. The van der Waals surface area contributed by atoms with Crippen LogP contribution < -0.4 is 11.1 Å². The average molecular weight is 350 g/mol. The van der Waals surface area contributed by atoms with Gasteiger partial charge in [-0.25, -0.2) is 0 Å². The zero-order valence-electron chi connectivity index (χ0n) is 14.1. The summed E-state index contributed by atoms with van der Waals surface area (Å²) < 4.78 is 16.2. The van der Waals surface area contributed by atoms with Gasteiger partial charge in [0.15, 0.2) is 0 Å². The lowest BCUT2D eigenvalue weighted by Crippen LogP contribution is -2.61. The molecule has 0 saturated heterocycles. The Labute approximate surface area is 142 Å². The van der Waals surface area contributed by atoms with Crippen LogP contribution in [0.25, 0.3) is 0 Å². The Balaban J connectivity index is 2.39. The summed E-state index contributed by atoms with van der Waals surface area (Å²) >= 11 is 0. The second-order valence-electron chi connectivity index (χ2n) is 5.81. The molecular formula is C15H30N2O7. The molecule has 0 bridgehead atoms. The minimum atomic E-state index is -1.20. The molecule has 0 aromatic heterocycles. The predicted molar refractivity (Wildman–Crippen MR) is 85.2 cm³/mol. The SMILES string of the molecule is CC(=O)N[C@@H]1C(OCCOCCOCCN)CC(CO)[C@H](O)[C@@H]1O. The van der Waals surface area contributed by atoms with Crippen LogP contribution in [0.3, 0.4) is 0 Å². The molecule has 5 atom stereocenters. The van der Waals surface area contributed by atoms with Gasteiger partial charge in [0.1, 0.15) is 6.10 Å². The van der Waals surface area contributed by atoms with E-state index in [1.54, 1.807) is 0 Å². The summed E-state index contributed by atoms with van der Waals surface area (Å²) in [6.07, 6.45) is -2.49. The number of carbonyl (C=O) groups excluding carboxylic acids is 1. The molecule has 0 radical (unpaired) electrons. The summed E-state index contributed by atoms with van der Waals surface area (Å²) in [6.45, 7) is 3.49. The van der Waals surface area contributed by atoms with E-state index in [-0.39, 0.29) is 19.1 Å². The Kier molecular flexibility index (Phi) is 10.3. The van der Waals surface area contributed by atoms with Gasteiger partial charge in [-0.05, 0) is 6.42 Å². The zero-order chi connectivity index (χ0) is 17.9. The highest BCUT2D eigenvalue weighted by Crippen LogP contribution is 2.27. The Morgan fingerprint density at radius 3 is 2.33 bits per heavy atom. The number of hydrogen-bond acceptors (Lipinski definition) is 8. The van der Waals surface area contributed by atoms with Crippen LogP contribution in [-0.4, -0.2) is 91.8 Å². The number of aliphatic hydroxyl groups is 3. The predicted octanol–water partition coefficient (Wildman–Crippen LogP) is -2.40. The van der Waals surface area contributed by atoms with Crippen LogP contribution in [0.15, 0.2) is 0 Å². The first-order valence-corrected chi connectivity index (χ1v) is 8.22. The maximum atomic E-state index is 11.3. The van der Waals surface area contributed by atoms with Crippen molar-refractivity contribution in [2.24, 2.45) is 11.7 Å². The molecule has 2 unspecified atom stereocenters. The van der Waals surface area contributed by atoms with Crippen LogP contribution in [0.2, 0.25) is 0 Å². The van der Waals surface area contributed by atoms with E-state index in [1.807, 2.05) is 0 Å². The van der Waals surface area contributed by atoms with E-state index in [0.29, 0.717) is 39.4 Å². The van der Waals surface area contributed by atoms with Crippen molar-refractivity contribution in [3.05, 3.63) is 0 Å². The third kappa shape index (κ3) is 6.98. The molecule has 1 aliphatic rings. The van der Waals surface area contributed by atoms with E-state index < -0.39 is 30.3 Å². The Bertz CT molecular complexity index is 359. The minimum absolute atomic E-state index is 0.263. The van der Waals surface area contributed by atoms with Crippen molar-refractivity contribution in [2.75, 3.05) is 46.2 Å². The quantitative estimate of drug-likeness (QED) is 0.260. The monoisotopic (exact) mass is 350 g/mol. The summed E-state index contributed by atoms with van der Waals surface area (Å²) in [7, 11) is 0. The molecule has 0 aliphatic heterocycles. The number of ether oxygens (including phenoxy) is 3. The van der Waals surface area contributed by atoms with E-state index in [2.05, 4.69) is 5.32 Å². The van der Waals surface area contributed by atoms with Crippen LogP contribution in [0.1, 0.15) is 13.3 Å². The van der Waals surface area contributed by atoms with E-state index in [4.69, 9.17) is 19.9 Å². The van der Waals surface area contributed by atoms with Gasteiger partial charge in [-0.3, -0.25) is 4.79 Å². The molecular weight excluding hydrogens is 320 g/mol. The fourth-order valence-corrected chi connectivity index (χ4v) is 2.73. The van der Waals surface area contributed by atoms with Crippen LogP contribution >= 0.6 is 0 Å². The third-order valence-electron chi connectivity index (χ3n) is 3.93. The number of amides is 1. The lowest BCUT2D eigenvalue weighted by atomic mass is 9.79. The van der Waals surface area contributed by atoms with Crippen LogP contribution in [0, 0.1) is 5.92 Å². The van der Waals surface area contributed by atoms with Crippen molar-refractivity contribution in [3.63, 3.8) is 0 Å². The van der Waals surface area contributed by atoms with Crippen molar-refractivity contribution < 1.29 is 34.3 Å².